The number of aryl methyl sites for hydroxylation is 2. The zero-order chi connectivity index (χ0) is 38.4. The zero-order valence-electron chi connectivity index (χ0n) is 31.0. The molecular weight excluding hydrogens is 755 g/mol. The first kappa shape index (κ1) is 41.4. The van der Waals surface area contributed by atoms with E-state index in [2.05, 4.69) is 30.6 Å². The van der Waals surface area contributed by atoms with Gasteiger partial charge in [0.15, 0.2) is 6.54 Å². The number of hydrogen-bond acceptors (Lipinski definition) is 7. The topological polar surface area (TPSA) is 127 Å². The molecule has 5 aromatic carbocycles. The number of rotatable bonds is 10. The van der Waals surface area contributed by atoms with Gasteiger partial charge in [0, 0.05) is 41.0 Å². The average Bonchev–Trinajstić information content (AvgIpc) is 3.40. The van der Waals surface area contributed by atoms with E-state index in [1.807, 2.05) is 80.4 Å². The van der Waals surface area contributed by atoms with Crippen molar-refractivity contribution in [2.75, 3.05) is 25.6 Å². The van der Waals surface area contributed by atoms with Crippen molar-refractivity contribution in [2.24, 2.45) is 5.92 Å². The predicted molar refractivity (Wildman–Crippen MR) is 208 cm³/mol. The minimum atomic E-state index is -5.52. The molecule has 0 fully saturated rings. The third kappa shape index (κ3) is 8.24. The van der Waals surface area contributed by atoms with Crippen LogP contribution in [0.3, 0.4) is 0 Å². The van der Waals surface area contributed by atoms with E-state index in [1.54, 1.807) is 31.4 Å². The van der Waals surface area contributed by atoms with E-state index in [9.17, 15) is 25.9 Å². The summed E-state index contributed by atoms with van der Waals surface area (Å²) in [6.45, 7) is 8.72. The van der Waals surface area contributed by atoms with Crippen LogP contribution in [0.5, 0.6) is 5.75 Å². The van der Waals surface area contributed by atoms with Crippen LogP contribution in [0.1, 0.15) is 47.2 Å². The number of anilines is 2. The summed E-state index contributed by atoms with van der Waals surface area (Å²) < 4.78 is 82.5. The Bertz CT molecular complexity index is 2520. The first-order chi connectivity index (χ1) is 25.0. The second kappa shape index (κ2) is 16.1. The molecule has 1 heterocycles. The summed E-state index contributed by atoms with van der Waals surface area (Å²) in [4.78, 5) is -0.247. The van der Waals surface area contributed by atoms with Crippen LogP contribution in [0.15, 0.2) is 107 Å². The van der Waals surface area contributed by atoms with Gasteiger partial charge >= 0.3 is 29.6 Å². The molecule has 0 atom stereocenters. The Kier molecular flexibility index (Phi) is 12.4. The molecule has 1 N–H and O–H groups in total. The zero-order valence-corrected chi connectivity index (χ0v) is 35.4. The molecule has 1 aliphatic heterocycles. The van der Waals surface area contributed by atoms with Gasteiger partial charge in [0.1, 0.15) is 5.75 Å². The molecule has 0 saturated carbocycles. The van der Waals surface area contributed by atoms with Gasteiger partial charge in [0.25, 0.3) is 10.1 Å². The maximum absolute atomic E-state index is 13.2. The summed E-state index contributed by atoms with van der Waals surface area (Å²) in [5, 5.41) is 0.519. The van der Waals surface area contributed by atoms with Gasteiger partial charge < -0.3 is 14.2 Å². The Labute approximate surface area is 344 Å². The van der Waals surface area contributed by atoms with Crippen LogP contribution in [0.4, 0.5) is 17.1 Å². The number of ether oxygens (including phenoxy) is 1. The Balaban J connectivity index is 0.00000561. The molecule has 9 nitrogen and oxygen atoms in total. The normalized spacial score (nSPS) is 13.8. The van der Waals surface area contributed by atoms with Crippen LogP contribution in [0.25, 0.3) is 11.1 Å². The summed E-state index contributed by atoms with van der Waals surface area (Å²) in [6, 6.07) is 31.1. The van der Waals surface area contributed by atoms with Gasteiger partial charge in [0.05, 0.1) is 28.4 Å². The number of allylic oxidation sites excluding steroid dienone is 1. The van der Waals surface area contributed by atoms with Crippen molar-refractivity contribution < 1.29 is 64.8 Å². The first-order valence-electron chi connectivity index (χ1n) is 16.7. The van der Waals surface area contributed by atoms with Crippen molar-refractivity contribution in [3.05, 3.63) is 142 Å². The molecule has 1 aliphatic rings. The molecule has 0 unspecified atom stereocenters. The second-order valence-corrected chi connectivity index (χ2v) is 16.5. The van der Waals surface area contributed by atoms with Gasteiger partial charge in [-0.25, -0.2) is 0 Å². The molecule has 5 aromatic rings. The third-order valence-electron chi connectivity index (χ3n) is 9.12. The minimum Gasteiger partial charge on any atom is -0.754 e. The van der Waals surface area contributed by atoms with Crippen molar-refractivity contribution in [3.63, 3.8) is 0 Å². The Morgan fingerprint density at radius 2 is 1.52 bits per heavy atom. The monoisotopic (exact) mass is 792 g/mol. The molecule has 54 heavy (non-hydrogen) atoms. The number of fused-ring (bicyclic) bond motifs is 1. The van der Waals surface area contributed by atoms with Crippen LogP contribution in [0.2, 0.25) is 5.02 Å². The van der Waals surface area contributed by atoms with Crippen molar-refractivity contribution in [3.8, 4) is 5.75 Å². The number of hydrogen-bond donors (Lipinski definition) is 1. The van der Waals surface area contributed by atoms with Gasteiger partial charge in [-0.05, 0) is 107 Å². The Hall–Kier alpha value is -3.78. The van der Waals surface area contributed by atoms with E-state index in [-0.39, 0.29) is 46.6 Å². The molecule has 0 aliphatic carbocycles. The number of benzene rings is 5. The fourth-order valence-corrected chi connectivity index (χ4v) is 8.94. The molecule has 6 rings (SSSR count). The second-order valence-electron chi connectivity index (χ2n) is 13.4. The first-order valence-corrected chi connectivity index (χ1v) is 20.0. The number of halogens is 1. The van der Waals surface area contributed by atoms with Gasteiger partial charge in [-0.3, -0.25) is 13.0 Å². The van der Waals surface area contributed by atoms with E-state index in [0.29, 0.717) is 34.2 Å². The van der Waals surface area contributed by atoms with Gasteiger partial charge in [0.2, 0.25) is 11.4 Å². The molecule has 13 heteroatoms. The van der Waals surface area contributed by atoms with Crippen LogP contribution in [-0.2, 0) is 20.2 Å². The molecule has 0 amide bonds. The fraction of sp³-hybridized carbons (Fsp3) is 0.195. The molecule has 0 bridgehead atoms. The largest absolute Gasteiger partial charge is 1.00 e. The molecule has 0 aromatic heterocycles. The van der Waals surface area contributed by atoms with Crippen molar-refractivity contribution in [1.82, 2.24) is 0 Å². The molecule has 0 saturated heterocycles. The number of methoxy groups -OCH3 is 1. The van der Waals surface area contributed by atoms with Crippen LogP contribution in [-0.4, -0.2) is 56.9 Å². The van der Waals surface area contributed by atoms with Crippen molar-refractivity contribution in [2.45, 2.75) is 37.5 Å². The average molecular weight is 793 g/mol. The maximum atomic E-state index is 13.2. The Morgan fingerprint density at radius 3 is 2.06 bits per heavy atom. The summed E-state index contributed by atoms with van der Waals surface area (Å²) >= 11 is 6.37. The SMILES string of the molecule is COc1ccc(N(C)c2ccc(C(=C3C(c4ccc(Cl)cc4)=[N+](CC(C)C)c4cc(C)cc(C)c43)c3cc[c-]c(S(=O)(=O)O)c3S(=O)(=O)[O-])cc2)cc1.[Na+]. The van der Waals surface area contributed by atoms with Crippen molar-refractivity contribution >= 4 is 65.8 Å². The van der Waals surface area contributed by atoms with E-state index in [4.69, 9.17) is 16.3 Å². The maximum Gasteiger partial charge on any atom is 1.00 e. The van der Waals surface area contributed by atoms with Gasteiger partial charge in [-0.2, -0.15) is 31.2 Å². The molecule has 0 spiro atoms. The van der Waals surface area contributed by atoms with Crippen LogP contribution >= 0.6 is 11.6 Å². The Morgan fingerprint density at radius 1 is 0.926 bits per heavy atom. The summed E-state index contributed by atoms with van der Waals surface area (Å²) in [5.41, 5.74) is 7.84. The van der Waals surface area contributed by atoms with E-state index in [0.717, 1.165) is 39.3 Å². The summed E-state index contributed by atoms with van der Waals surface area (Å²) in [7, 11) is -7.23. The number of nitrogens with zero attached hydrogens (tertiary/aromatic N) is 2. The van der Waals surface area contributed by atoms with Crippen LogP contribution in [0, 0.1) is 25.8 Å². The molecule has 274 valence electrons. The molecular formula is C41H38ClN2NaO7S2. The summed E-state index contributed by atoms with van der Waals surface area (Å²) in [6.07, 6.45) is 0. The standard InChI is InChI=1S/C41H39ClN2O7S2.Na/c1-25(2)24-44-35-23-26(3)22-27(4)37(35)39(40(44)29-10-14-30(42)15-11-29)38(34-8-7-9-36(52(45,46)47)41(34)53(48,49)50)28-12-16-31(17-13-28)43(5)32-18-20-33(51-6)21-19-32;/h7-8,10-23,25H,24H2,1-6H3,(H,45,46,47)(H,48,49,50);/q;+1/p-1. The van der Waals surface area contributed by atoms with E-state index >= 15 is 0 Å². The van der Waals surface area contributed by atoms with Gasteiger partial charge in [-0.15, -0.1) is 5.56 Å². The fourth-order valence-electron chi connectivity index (χ4n) is 6.91. The summed E-state index contributed by atoms with van der Waals surface area (Å²) in [5.74, 6) is 0.889. The predicted octanol–water partition coefficient (Wildman–Crippen LogP) is 5.45. The van der Waals surface area contributed by atoms with Gasteiger partial charge in [-0.1, -0.05) is 43.6 Å². The van der Waals surface area contributed by atoms with E-state index < -0.39 is 30.0 Å². The van der Waals surface area contributed by atoms with Crippen molar-refractivity contribution in [1.29, 1.82) is 0 Å². The third-order valence-corrected chi connectivity index (χ3v) is 11.3. The quantitative estimate of drug-likeness (QED) is 0.0857. The van der Waals surface area contributed by atoms with Crippen LogP contribution < -0.4 is 39.2 Å². The van der Waals surface area contributed by atoms with E-state index in [1.165, 1.54) is 12.1 Å². The smallest absolute Gasteiger partial charge is 0.754 e. The molecule has 0 radical (unpaired) electrons. The minimum absolute atomic E-state index is 0.